The first-order valence-corrected chi connectivity index (χ1v) is 5.41. The molecule has 0 unspecified atom stereocenters. The van der Waals surface area contributed by atoms with Crippen molar-refractivity contribution >= 4 is 17.3 Å². The zero-order valence-corrected chi connectivity index (χ0v) is 9.39. The summed E-state index contributed by atoms with van der Waals surface area (Å²) in [5, 5.41) is 23.1. The Labute approximate surface area is 94.2 Å². The molecule has 2 N–H and O–H groups in total. The van der Waals surface area contributed by atoms with Crippen LogP contribution in [0.25, 0.3) is 0 Å². The smallest absolute Gasteiger partial charge is 0.277 e. The molecule has 90 valence electrons. The van der Waals surface area contributed by atoms with Crippen molar-refractivity contribution in [3.63, 3.8) is 0 Å². The lowest BCUT2D eigenvalue weighted by Crippen LogP contribution is -2.40. The van der Waals surface area contributed by atoms with Crippen LogP contribution in [-0.4, -0.2) is 45.7 Å². The Balaban J connectivity index is 2.74. The lowest BCUT2D eigenvalue weighted by Gasteiger charge is -2.19. The maximum atomic E-state index is 11.9. The van der Waals surface area contributed by atoms with Gasteiger partial charge in [0.05, 0.1) is 0 Å². The SMILES string of the molecule is CC(=N/O)/C(=N\O)C(=O)N1CCCCCC1. The Morgan fingerprint density at radius 2 is 1.62 bits per heavy atom. The summed E-state index contributed by atoms with van der Waals surface area (Å²) in [7, 11) is 0. The molecular weight excluding hydrogens is 210 g/mol. The summed E-state index contributed by atoms with van der Waals surface area (Å²) in [4.78, 5) is 13.6. The minimum Gasteiger partial charge on any atom is -0.411 e. The van der Waals surface area contributed by atoms with Crippen molar-refractivity contribution in [2.45, 2.75) is 32.6 Å². The molecule has 0 radical (unpaired) electrons. The molecule has 0 aromatic heterocycles. The van der Waals surface area contributed by atoms with E-state index in [0.717, 1.165) is 25.7 Å². The summed E-state index contributed by atoms with van der Waals surface area (Å²) in [6, 6.07) is 0. The van der Waals surface area contributed by atoms with Gasteiger partial charge >= 0.3 is 0 Å². The number of carbonyl (C=O) groups is 1. The largest absolute Gasteiger partial charge is 0.411 e. The Morgan fingerprint density at radius 1 is 1.06 bits per heavy atom. The second kappa shape index (κ2) is 6.09. The van der Waals surface area contributed by atoms with Gasteiger partial charge in [-0.15, -0.1) is 0 Å². The third kappa shape index (κ3) is 2.95. The average molecular weight is 227 g/mol. The number of nitrogens with zero attached hydrogens (tertiary/aromatic N) is 3. The molecule has 16 heavy (non-hydrogen) atoms. The summed E-state index contributed by atoms with van der Waals surface area (Å²) in [6.07, 6.45) is 4.14. The van der Waals surface area contributed by atoms with Crippen LogP contribution >= 0.6 is 0 Å². The molecule has 0 spiro atoms. The van der Waals surface area contributed by atoms with Gasteiger partial charge in [-0.1, -0.05) is 23.2 Å². The van der Waals surface area contributed by atoms with Crippen LogP contribution in [-0.2, 0) is 4.79 Å². The number of rotatable bonds is 2. The first kappa shape index (κ1) is 12.5. The van der Waals surface area contributed by atoms with E-state index in [4.69, 9.17) is 10.4 Å². The normalized spacial score (nSPS) is 19.4. The number of hydrogen-bond donors (Lipinski definition) is 2. The molecule has 1 aliphatic rings. The van der Waals surface area contributed by atoms with Crippen LogP contribution in [0.3, 0.4) is 0 Å². The average Bonchev–Trinajstić information content (AvgIpc) is 2.58. The van der Waals surface area contributed by atoms with E-state index in [1.165, 1.54) is 6.92 Å². The van der Waals surface area contributed by atoms with Gasteiger partial charge in [0, 0.05) is 13.1 Å². The van der Waals surface area contributed by atoms with Crippen LogP contribution in [0.1, 0.15) is 32.6 Å². The van der Waals surface area contributed by atoms with E-state index in [1.54, 1.807) is 4.90 Å². The minimum absolute atomic E-state index is 0.0248. The molecule has 0 aromatic rings. The zero-order valence-electron chi connectivity index (χ0n) is 9.39. The van der Waals surface area contributed by atoms with Crippen molar-refractivity contribution in [2.75, 3.05) is 13.1 Å². The number of amides is 1. The van der Waals surface area contributed by atoms with E-state index < -0.39 is 0 Å². The van der Waals surface area contributed by atoms with Gasteiger partial charge in [-0.2, -0.15) is 0 Å². The number of oxime groups is 2. The van der Waals surface area contributed by atoms with Gasteiger partial charge in [0.25, 0.3) is 5.91 Å². The van der Waals surface area contributed by atoms with E-state index in [9.17, 15) is 4.79 Å². The summed E-state index contributed by atoms with van der Waals surface area (Å²) >= 11 is 0. The fourth-order valence-electron chi connectivity index (χ4n) is 1.74. The number of likely N-dealkylation sites (tertiary alicyclic amines) is 1. The van der Waals surface area contributed by atoms with E-state index in [2.05, 4.69) is 10.3 Å². The Kier molecular flexibility index (Phi) is 4.75. The van der Waals surface area contributed by atoms with Crippen LogP contribution in [0, 0.1) is 0 Å². The Hall–Kier alpha value is -1.59. The maximum absolute atomic E-state index is 11.9. The van der Waals surface area contributed by atoms with Crippen molar-refractivity contribution < 1.29 is 15.2 Å². The van der Waals surface area contributed by atoms with Crippen molar-refractivity contribution in [3.05, 3.63) is 0 Å². The lowest BCUT2D eigenvalue weighted by molar-refractivity contribution is -0.124. The quantitative estimate of drug-likeness (QED) is 0.420. The minimum atomic E-state index is -0.375. The summed E-state index contributed by atoms with van der Waals surface area (Å²) in [5.74, 6) is -0.375. The van der Waals surface area contributed by atoms with Gasteiger partial charge < -0.3 is 15.3 Å². The van der Waals surface area contributed by atoms with E-state index in [1.807, 2.05) is 0 Å². The van der Waals surface area contributed by atoms with Gasteiger partial charge in [0.1, 0.15) is 5.71 Å². The molecule has 1 rings (SSSR count). The highest BCUT2D eigenvalue weighted by atomic mass is 16.4. The monoisotopic (exact) mass is 227 g/mol. The van der Waals surface area contributed by atoms with Gasteiger partial charge in [-0.3, -0.25) is 4.79 Å². The molecule has 1 heterocycles. The predicted octanol–water partition coefficient (Wildman–Crippen LogP) is 1.07. The summed E-state index contributed by atoms with van der Waals surface area (Å²) in [5.41, 5.74) is -0.166. The molecule has 1 amide bonds. The highest BCUT2D eigenvalue weighted by molar-refractivity contribution is 6.66. The van der Waals surface area contributed by atoms with Gasteiger partial charge in [-0.05, 0) is 19.8 Å². The Bertz CT molecular complexity index is 304. The number of hydrogen-bond acceptors (Lipinski definition) is 5. The third-order valence-electron chi connectivity index (χ3n) is 2.69. The standard InChI is InChI=1S/C10H17N3O3/c1-8(11-15)9(12-16)10(14)13-6-4-2-3-5-7-13/h15-16H,2-7H2,1H3/b11-8-,12-9+. The molecule has 1 saturated heterocycles. The van der Waals surface area contributed by atoms with Gasteiger partial charge in [0.15, 0.2) is 5.71 Å². The summed E-state index contributed by atoms with van der Waals surface area (Å²) in [6.45, 7) is 2.75. The van der Waals surface area contributed by atoms with E-state index in [0.29, 0.717) is 13.1 Å². The maximum Gasteiger partial charge on any atom is 0.277 e. The first-order chi connectivity index (χ1) is 7.70. The molecule has 0 saturated carbocycles. The van der Waals surface area contributed by atoms with E-state index >= 15 is 0 Å². The van der Waals surface area contributed by atoms with Crippen LogP contribution in [0.15, 0.2) is 10.3 Å². The van der Waals surface area contributed by atoms with Crippen LogP contribution in [0.2, 0.25) is 0 Å². The second-order valence-corrected chi connectivity index (χ2v) is 3.84. The molecule has 0 aliphatic carbocycles. The van der Waals surface area contributed by atoms with Crippen molar-refractivity contribution in [1.82, 2.24) is 4.90 Å². The molecule has 0 aromatic carbocycles. The molecule has 6 heteroatoms. The fraction of sp³-hybridized carbons (Fsp3) is 0.700. The second-order valence-electron chi connectivity index (χ2n) is 3.84. The highest BCUT2D eigenvalue weighted by Gasteiger charge is 2.23. The molecule has 1 aliphatic heterocycles. The van der Waals surface area contributed by atoms with Crippen LogP contribution in [0.5, 0.6) is 0 Å². The van der Waals surface area contributed by atoms with Gasteiger partial charge in [-0.25, -0.2) is 0 Å². The fourth-order valence-corrected chi connectivity index (χ4v) is 1.74. The molecule has 0 atom stereocenters. The van der Waals surface area contributed by atoms with E-state index in [-0.39, 0.29) is 17.3 Å². The van der Waals surface area contributed by atoms with Crippen molar-refractivity contribution in [3.8, 4) is 0 Å². The summed E-state index contributed by atoms with van der Waals surface area (Å²) < 4.78 is 0. The Morgan fingerprint density at radius 3 is 2.06 bits per heavy atom. The highest BCUT2D eigenvalue weighted by Crippen LogP contribution is 2.10. The molecule has 1 fully saturated rings. The third-order valence-corrected chi connectivity index (χ3v) is 2.69. The molecule has 6 nitrogen and oxygen atoms in total. The zero-order chi connectivity index (χ0) is 12.0. The predicted molar refractivity (Wildman–Crippen MR) is 59.2 cm³/mol. The lowest BCUT2D eigenvalue weighted by atomic mass is 10.2. The van der Waals surface area contributed by atoms with Gasteiger partial charge in [0.2, 0.25) is 0 Å². The number of carbonyl (C=O) groups excluding carboxylic acids is 1. The van der Waals surface area contributed by atoms with Crippen molar-refractivity contribution in [1.29, 1.82) is 0 Å². The van der Waals surface area contributed by atoms with Crippen LogP contribution < -0.4 is 0 Å². The topological polar surface area (TPSA) is 85.5 Å². The van der Waals surface area contributed by atoms with Crippen LogP contribution in [0.4, 0.5) is 0 Å². The molecule has 0 bridgehead atoms. The first-order valence-electron chi connectivity index (χ1n) is 5.41. The van der Waals surface area contributed by atoms with Crippen molar-refractivity contribution in [2.24, 2.45) is 10.3 Å². The molecular formula is C10H17N3O3.